The van der Waals surface area contributed by atoms with Crippen LogP contribution in [0.4, 0.5) is 13.2 Å². The van der Waals surface area contributed by atoms with Gasteiger partial charge in [0.05, 0.1) is 4.88 Å². The molecule has 0 aliphatic rings. The average Bonchev–Trinajstić information content (AvgIpc) is 2.93. The van der Waals surface area contributed by atoms with Crippen LogP contribution in [0.3, 0.4) is 0 Å². The third kappa shape index (κ3) is 3.18. The fourth-order valence-electron chi connectivity index (χ4n) is 1.35. The monoisotopic (exact) mass is 342 g/mol. The highest BCUT2D eigenvalue weighted by molar-refractivity contribution is 7.88. The Kier molecular flexibility index (Phi) is 3.97. The zero-order valence-corrected chi connectivity index (χ0v) is 12.4. The molecule has 0 N–H and O–H groups in total. The Morgan fingerprint density at radius 3 is 2.57 bits per heavy atom. The normalized spacial score (nSPS) is 12.6. The summed E-state index contributed by atoms with van der Waals surface area (Å²) < 4.78 is 67.9. The van der Waals surface area contributed by atoms with Gasteiger partial charge in [0.1, 0.15) is 16.5 Å². The summed E-state index contributed by atoms with van der Waals surface area (Å²) in [6, 6.07) is 1.53. The molecule has 0 aromatic carbocycles. The van der Waals surface area contributed by atoms with Crippen molar-refractivity contribution in [3.8, 4) is 16.6 Å². The van der Waals surface area contributed by atoms with E-state index in [4.69, 9.17) is 4.52 Å². The van der Waals surface area contributed by atoms with Crippen LogP contribution >= 0.6 is 11.3 Å². The van der Waals surface area contributed by atoms with Gasteiger partial charge < -0.3 is 8.71 Å². The zero-order chi connectivity index (χ0) is 15.8. The molecule has 0 fully saturated rings. The minimum Gasteiger partial charge on any atom is -0.361 e. The van der Waals surface area contributed by atoms with Gasteiger partial charge in [0.2, 0.25) is 5.88 Å². The lowest BCUT2D eigenvalue weighted by molar-refractivity contribution is -0.0501. The Hall–Kier alpha value is -1.62. The van der Waals surface area contributed by atoms with Gasteiger partial charge in [-0.3, -0.25) is 0 Å². The number of hydrogen-bond acceptors (Lipinski definition) is 7. The van der Waals surface area contributed by atoms with Crippen LogP contribution in [-0.2, 0) is 16.5 Å². The number of aromatic nitrogens is 2. The molecule has 0 atom stereocenters. The second kappa shape index (κ2) is 5.30. The Labute approximate surface area is 121 Å². The molecule has 2 aromatic heterocycles. The van der Waals surface area contributed by atoms with Crippen LogP contribution in [0.2, 0.25) is 0 Å². The lowest BCUT2D eigenvalue weighted by atomic mass is 10.4. The van der Waals surface area contributed by atoms with E-state index in [0.29, 0.717) is 11.5 Å². The van der Waals surface area contributed by atoms with Crippen molar-refractivity contribution >= 4 is 21.5 Å². The van der Waals surface area contributed by atoms with Crippen molar-refractivity contribution in [2.75, 3.05) is 0 Å². The first-order valence-corrected chi connectivity index (χ1v) is 7.80. The van der Waals surface area contributed by atoms with E-state index in [1.165, 1.54) is 6.07 Å². The second-order valence-electron chi connectivity index (χ2n) is 3.91. The minimum atomic E-state index is -5.75. The van der Waals surface area contributed by atoms with Crippen molar-refractivity contribution in [3.05, 3.63) is 16.7 Å². The highest BCUT2D eigenvalue weighted by atomic mass is 32.2. The largest absolute Gasteiger partial charge is 0.534 e. The Morgan fingerprint density at radius 2 is 2.10 bits per heavy atom. The molecule has 2 aromatic rings. The minimum absolute atomic E-state index is 0.219. The van der Waals surface area contributed by atoms with Gasteiger partial charge in [0, 0.05) is 6.07 Å². The standard InChI is InChI=1S/C10H9F3N2O4S2/c1-3-7-8(19-21(16,17)10(11,12)13)14-9(20-7)6-4-5(2)18-15-6/h4H,3H2,1-2H3. The number of halogens is 3. The molecule has 0 spiro atoms. The number of hydrogen-bond donors (Lipinski definition) is 0. The average molecular weight is 342 g/mol. The van der Waals surface area contributed by atoms with Crippen molar-refractivity contribution in [2.45, 2.75) is 25.8 Å². The van der Waals surface area contributed by atoms with Crippen LogP contribution in [0.5, 0.6) is 5.88 Å². The number of thiazole rings is 1. The van der Waals surface area contributed by atoms with Gasteiger partial charge in [0.25, 0.3) is 0 Å². The highest BCUT2D eigenvalue weighted by Gasteiger charge is 2.49. The van der Waals surface area contributed by atoms with Gasteiger partial charge >= 0.3 is 15.6 Å². The first kappa shape index (κ1) is 15.8. The van der Waals surface area contributed by atoms with Crippen LogP contribution in [0.25, 0.3) is 10.7 Å². The van der Waals surface area contributed by atoms with Crippen LogP contribution in [0.1, 0.15) is 17.6 Å². The predicted octanol–water partition coefficient (Wildman–Crippen LogP) is 2.90. The lowest BCUT2D eigenvalue weighted by Crippen LogP contribution is -2.28. The Morgan fingerprint density at radius 1 is 1.43 bits per heavy atom. The maximum atomic E-state index is 12.3. The lowest BCUT2D eigenvalue weighted by Gasteiger charge is -2.07. The number of aryl methyl sites for hydroxylation is 2. The van der Waals surface area contributed by atoms with Crippen LogP contribution in [0, 0.1) is 6.92 Å². The van der Waals surface area contributed by atoms with Gasteiger partial charge in [-0.2, -0.15) is 26.6 Å². The SMILES string of the molecule is CCc1sc(-c2cc(C)on2)nc1OS(=O)(=O)C(F)(F)F. The van der Waals surface area contributed by atoms with Crippen molar-refractivity contribution in [2.24, 2.45) is 0 Å². The molecule has 0 amide bonds. The second-order valence-corrected chi connectivity index (χ2v) is 6.53. The first-order chi connectivity index (χ1) is 9.64. The molecular weight excluding hydrogens is 333 g/mol. The van der Waals surface area contributed by atoms with Crippen molar-refractivity contribution in [3.63, 3.8) is 0 Å². The van der Waals surface area contributed by atoms with Crippen LogP contribution in [0.15, 0.2) is 10.6 Å². The molecule has 2 heterocycles. The summed E-state index contributed by atoms with van der Waals surface area (Å²) in [5.74, 6) is -0.0980. The van der Waals surface area contributed by atoms with E-state index in [9.17, 15) is 21.6 Å². The highest BCUT2D eigenvalue weighted by Crippen LogP contribution is 2.35. The summed E-state index contributed by atoms with van der Waals surface area (Å²) in [5, 5.41) is 3.88. The summed E-state index contributed by atoms with van der Waals surface area (Å²) in [4.78, 5) is 4.02. The summed E-state index contributed by atoms with van der Waals surface area (Å²) in [6.45, 7) is 3.27. The molecule has 0 aliphatic carbocycles. The van der Waals surface area contributed by atoms with E-state index < -0.39 is 21.5 Å². The van der Waals surface area contributed by atoms with Gasteiger partial charge in [-0.15, -0.1) is 11.3 Å². The molecule has 0 saturated carbocycles. The number of rotatable bonds is 4. The molecule has 21 heavy (non-hydrogen) atoms. The van der Waals surface area contributed by atoms with E-state index in [2.05, 4.69) is 14.3 Å². The molecule has 2 rings (SSSR count). The Balaban J connectivity index is 2.39. The first-order valence-electron chi connectivity index (χ1n) is 5.58. The predicted molar refractivity (Wildman–Crippen MR) is 67.3 cm³/mol. The summed E-state index contributed by atoms with van der Waals surface area (Å²) in [7, 11) is -5.75. The smallest absolute Gasteiger partial charge is 0.361 e. The quantitative estimate of drug-likeness (QED) is 0.628. The van der Waals surface area contributed by atoms with E-state index in [1.54, 1.807) is 13.8 Å². The maximum absolute atomic E-state index is 12.3. The summed E-state index contributed by atoms with van der Waals surface area (Å²) >= 11 is 0.987. The molecule has 0 unspecified atom stereocenters. The van der Waals surface area contributed by atoms with Crippen molar-refractivity contribution in [1.82, 2.24) is 10.1 Å². The third-order valence-electron chi connectivity index (χ3n) is 2.30. The number of alkyl halides is 3. The third-order valence-corrected chi connectivity index (χ3v) is 4.45. The fraction of sp³-hybridized carbons (Fsp3) is 0.400. The van der Waals surface area contributed by atoms with Gasteiger partial charge in [-0.05, 0) is 13.3 Å². The van der Waals surface area contributed by atoms with Gasteiger partial charge in [0.15, 0.2) is 0 Å². The summed E-state index contributed by atoms with van der Waals surface area (Å²) in [5.41, 5.74) is -5.21. The van der Waals surface area contributed by atoms with Crippen LogP contribution in [-0.4, -0.2) is 24.1 Å². The van der Waals surface area contributed by atoms with E-state index in [-0.39, 0.29) is 16.3 Å². The fourth-order valence-corrected chi connectivity index (χ4v) is 2.73. The van der Waals surface area contributed by atoms with Crippen LogP contribution < -0.4 is 4.18 Å². The molecule has 0 saturated heterocycles. The van der Waals surface area contributed by atoms with Crippen molar-refractivity contribution in [1.29, 1.82) is 0 Å². The molecular formula is C10H9F3N2O4S2. The van der Waals surface area contributed by atoms with E-state index >= 15 is 0 Å². The number of nitrogens with zero attached hydrogens (tertiary/aromatic N) is 2. The van der Waals surface area contributed by atoms with Crippen molar-refractivity contribution < 1.29 is 30.3 Å². The van der Waals surface area contributed by atoms with Gasteiger partial charge in [-0.1, -0.05) is 12.1 Å². The molecule has 116 valence electrons. The van der Waals surface area contributed by atoms with E-state index in [0.717, 1.165) is 11.3 Å². The van der Waals surface area contributed by atoms with Gasteiger partial charge in [-0.25, -0.2) is 0 Å². The molecule has 0 radical (unpaired) electrons. The molecule has 0 bridgehead atoms. The Bertz CT molecular complexity index is 749. The molecule has 11 heteroatoms. The maximum Gasteiger partial charge on any atom is 0.534 e. The van der Waals surface area contributed by atoms with E-state index in [1.807, 2.05) is 0 Å². The molecule has 0 aliphatic heterocycles. The zero-order valence-electron chi connectivity index (χ0n) is 10.8. The summed E-state index contributed by atoms with van der Waals surface area (Å²) in [6.07, 6.45) is 0.261. The molecule has 6 nitrogen and oxygen atoms in total. The topological polar surface area (TPSA) is 82.3 Å².